The molecule has 92 valence electrons. The molecule has 0 bridgehead atoms. The maximum absolute atomic E-state index is 5.73. The molecule has 0 saturated carbocycles. The van der Waals surface area contributed by atoms with Crippen LogP contribution in [0.3, 0.4) is 0 Å². The minimum absolute atomic E-state index is 0.176. The van der Waals surface area contributed by atoms with Gasteiger partial charge in [0.2, 0.25) is 0 Å². The lowest BCUT2D eigenvalue weighted by Gasteiger charge is -2.31. The molecule has 2 nitrogen and oxygen atoms in total. The van der Waals surface area contributed by atoms with Gasteiger partial charge in [-0.2, -0.15) is 0 Å². The lowest BCUT2D eigenvalue weighted by Crippen LogP contribution is -2.22. The van der Waals surface area contributed by atoms with Gasteiger partial charge in [-0.1, -0.05) is 13.8 Å². The Morgan fingerprint density at radius 1 is 0.882 bits per heavy atom. The predicted octanol–water partition coefficient (Wildman–Crippen LogP) is 3.69. The molecule has 0 radical (unpaired) electrons. The average Bonchev–Trinajstić information content (AvgIpc) is 3.19. The molecule has 2 aliphatic carbocycles. The van der Waals surface area contributed by atoms with Crippen LogP contribution in [-0.4, -0.2) is 12.2 Å². The third-order valence-corrected chi connectivity index (χ3v) is 4.90. The van der Waals surface area contributed by atoms with E-state index in [0.717, 1.165) is 0 Å². The summed E-state index contributed by atoms with van der Waals surface area (Å²) in [6.45, 7) is 4.73. The second-order valence-corrected chi connectivity index (χ2v) is 6.31. The summed E-state index contributed by atoms with van der Waals surface area (Å²) in [7, 11) is 0. The summed E-state index contributed by atoms with van der Waals surface area (Å²) in [5.41, 5.74) is 3.30. The van der Waals surface area contributed by atoms with Crippen molar-refractivity contribution in [2.24, 2.45) is 5.41 Å². The number of allylic oxidation sites excluding steroid dienone is 2. The first-order valence-electron chi connectivity index (χ1n) is 6.98. The summed E-state index contributed by atoms with van der Waals surface area (Å²) >= 11 is 0. The van der Waals surface area contributed by atoms with Gasteiger partial charge in [0, 0.05) is 5.41 Å². The predicted molar refractivity (Wildman–Crippen MR) is 65.3 cm³/mol. The molecule has 2 heteroatoms. The van der Waals surface area contributed by atoms with Crippen LogP contribution < -0.4 is 0 Å². The van der Waals surface area contributed by atoms with Crippen molar-refractivity contribution < 1.29 is 9.47 Å². The standard InChI is InChI=1S/C15H20O2/c1-15(2,9-5-3-7-11-13(9)16-11)10-6-4-8-12-14(10)17-12/h11-12H,3-8H2,1-2H3. The number of ether oxygens (including phenoxy) is 2. The number of epoxide rings is 2. The Morgan fingerprint density at radius 2 is 1.35 bits per heavy atom. The average molecular weight is 232 g/mol. The lowest BCUT2D eigenvalue weighted by molar-refractivity contribution is 0.413. The number of fused-ring (bicyclic) bond motifs is 2. The molecular formula is C15H20O2. The lowest BCUT2D eigenvalue weighted by atomic mass is 9.70. The van der Waals surface area contributed by atoms with E-state index >= 15 is 0 Å². The van der Waals surface area contributed by atoms with Gasteiger partial charge in [0.25, 0.3) is 0 Å². The van der Waals surface area contributed by atoms with Crippen molar-refractivity contribution in [1.82, 2.24) is 0 Å². The SMILES string of the molecule is CC(C)(C1=C2OC2CCC1)C1=C2OC2CCC1. The topological polar surface area (TPSA) is 25.1 Å². The van der Waals surface area contributed by atoms with Crippen LogP contribution >= 0.6 is 0 Å². The van der Waals surface area contributed by atoms with E-state index in [2.05, 4.69) is 13.8 Å². The van der Waals surface area contributed by atoms with E-state index in [1.807, 2.05) is 0 Å². The van der Waals surface area contributed by atoms with Crippen LogP contribution in [0.15, 0.2) is 22.7 Å². The van der Waals surface area contributed by atoms with Gasteiger partial charge in [-0.25, -0.2) is 0 Å². The molecule has 0 amide bonds. The van der Waals surface area contributed by atoms with E-state index in [1.54, 1.807) is 11.1 Å². The normalized spacial score (nSPS) is 34.7. The van der Waals surface area contributed by atoms with Gasteiger partial charge < -0.3 is 9.47 Å². The van der Waals surface area contributed by atoms with Crippen LogP contribution in [0.25, 0.3) is 0 Å². The van der Waals surface area contributed by atoms with Gasteiger partial charge in [-0.15, -0.1) is 0 Å². The van der Waals surface area contributed by atoms with E-state index < -0.39 is 0 Å². The minimum Gasteiger partial charge on any atom is -0.483 e. The summed E-state index contributed by atoms with van der Waals surface area (Å²) in [4.78, 5) is 0. The van der Waals surface area contributed by atoms with E-state index in [-0.39, 0.29) is 5.41 Å². The van der Waals surface area contributed by atoms with Crippen LogP contribution in [0.4, 0.5) is 0 Å². The maximum Gasteiger partial charge on any atom is 0.155 e. The molecule has 4 rings (SSSR count). The van der Waals surface area contributed by atoms with Gasteiger partial charge in [-0.05, 0) is 49.7 Å². The molecule has 4 aliphatic rings. The fourth-order valence-corrected chi connectivity index (χ4v) is 3.75. The molecule has 17 heavy (non-hydrogen) atoms. The Bertz CT molecular complexity index is 402. The van der Waals surface area contributed by atoms with Gasteiger partial charge in [0.1, 0.15) is 11.5 Å². The molecule has 2 fully saturated rings. The Labute approximate surface area is 103 Å². The van der Waals surface area contributed by atoms with Crippen molar-refractivity contribution in [3.63, 3.8) is 0 Å². The first-order chi connectivity index (χ1) is 8.18. The van der Waals surface area contributed by atoms with Gasteiger partial charge >= 0.3 is 0 Å². The molecule has 2 saturated heterocycles. The van der Waals surface area contributed by atoms with Crippen LogP contribution in [-0.2, 0) is 9.47 Å². The maximum atomic E-state index is 5.73. The van der Waals surface area contributed by atoms with Crippen molar-refractivity contribution in [3.8, 4) is 0 Å². The largest absolute Gasteiger partial charge is 0.483 e. The quantitative estimate of drug-likeness (QED) is 0.678. The molecule has 0 aromatic rings. The number of rotatable bonds is 2. The first-order valence-corrected chi connectivity index (χ1v) is 6.98. The zero-order valence-electron chi connectivity index (χ0n) is 10.7. The highest BCUT2D eigenvalue weighted by atomic mass is 16.6. The van der Waals surface area contributed by atoms with E-state index in [9.17, 15) is 0 Å². The van der Waals surface area contributed by atoms with E-state index in [0.29, 0.717) is 12.2 Å². The third-order valence-electron chi connectivity index (χ3n) is 4.90. The monoisotopic (exact) mass is 232 g/mol. The summed E-state index contributed by atoms with van der Waals surface area (Å²) in [6, 6.07) is 0. The second kappa shape index (κ2) is 3.09. The van der Waals surface area contributed by atoms with Gasteiger partial charge in [0.15, 0.2) is 12.2 Å². The molecule has 0 aromatic heterocycles. The van der Waals surface area contributed by atoms with Crippen molar-refractivity contribution in [1.29, 1.82) is 0 Å². The Hall–Kier alpha value is -0.920. The van der Waals surface area contributed by atoms with E-state index in [1.165, 1.54) is 50.0 Å². The van der Waals surface area contributed by atoms with Gasteiger partial charge in [-0.3, -0.25) is 0 Å². The highest BCUT2D eigenvalue weighted by Gasteiger charge is 2.49. The minimum atomic E-state index is 0.176. The van der Waals surface area contributed by atoms with Crippen LogP contribution in [0.1, 0.15) is 52.4 Å². The Morgan fingerprint density at radius 3 is 1.82 bits per heavy atom. The zero-order valence-corrected chi connectivity index (χ0v) is 10.7. The third kappa shape index (κ3) is 1.39. The fraction of sp³-hybridized carbons (Fsp3) is 0.733. The smallest absolute Gasteiger partial charge is 0.155 e. The zero-order chi connectivity index (χ0) is 11.6. The molecule has 2 unspecified atom stereocenters. The Kier molecular flexibility index (Phi) is 1.83. The van der Waals surface area contributed by atoms with Crippen LogP contribution in [0.2, 0.25) is 0 Å². The molecular weight excluding hydrogens is 212 g/mol. The second-order valence-electron chi connectivity index (χ2n) is 6.31. The highest BCUT2D eigenvalue weighted by Crippen LogP contribution is 2.55. The van der Waals surface area contributed by atoms with Gasteiger partial charge in [0.05, 0.1) is 0 Å². The summed E-state index contributed by atoms with van der Waals surface area (Å²) in [5, 5.41) is 0. The van der Waals surface area contributed by atoms with Crippen LogP contribution in [0.5, 0.6) is 0 Å². The van der Waals surface area contributed by atoms with Crippen molar-refractivity contribution in [3.05, 3.63) is 22.7 Å². The summed E-state index contributed by atoms with van der Waals surface area (Å²) < 4.78 is 11.5. The van der Waals surface area contributed by atoms with Crippen LogP contribution in [0, 0.1) is 5.41 Å². The van der Waals surface area contributed by atoms with Crippen molar-refractivity contribution in [2.75, 3.05) is 0 Å². The molecule has 0 spiro atoms. The van der Waals surface area contributed by atoms with E-state index in [4.69, 9.17) is 9.47 Å². The summed E-state index contributed by atoms with van der Waals surface area (Å²) in [6.07, 6.45) is 8.45. The van der Waals surface area contributed by atoms with Crippen molar-refractivity contribution in [2.45, 2.75) is 64.6 Å². The number of hydrogen-bond donors (Lipinski definition) is 0. The first kappa shape index (κ1) is 10.0. The molecule has 2 aliphatic heterocycles. The molecule has 0 aromatic carbocycles. The fourth-order valence-electron chi connectivity index (χ4n) is 3.75. The molecule has 0 N–H and O–H groups in total. The molecule has 2 heterocycles. The summed E-state index contributed by atoms with van der Waals surface area (Å²) in [5.74, 6) is 2.63. The highest BCUT2D eigenvalue weighted by molar-refractivity contribution is 5.41. The Balaban J connectivity index is 1.73. The number of hydrogen-bond acceptors (Lipinski definition) is 2. The molecule has 2 atom stereocenters. The van der Waals surface area contributed by atoms with Crippen molar-refractivity contribution >= 4 is 0 Å².